The summed E-state index contributed by atoms with van der Waals surface area (Å²) in [5.41, 5.74) is 0.930. The molecule has 0 bridgehead atoms. The molecule has 1 aliphatic heterocycles. The number of benzene rings is 2. The van der Waals surface area contributed by atoms with Gasteiger partial charge in [-0.15, -0.1) is 11.8 Å². The number of rotatable bonds is 4. The zero-order valence-electron chi connectivity index (χ0n) is 14.2. The number of nitro benzene ring substituents is 1. The third-order valence-corrected chi connectivity index (χ3v) is 5.99. The molecule has 0 radical (unpaired) electrons. The van der Waals surface area contributed by atoms with Gasteiger partial charge in [-0.05, 0) is 19.1 Å². The van der Waals surface area contributed by atoms with Crippen LogP contribution in [0, 0.1) is 17.0 Å². The van der Waals surface area contributed by atoms with Crippen molar-refractivity contribution in [2.75, 3.05) is 5.75 Å². The lowest BCUT2D eigenvalue weighted by molar-refractivity contribution is -0.385. The van der Waals surface area contributed by atoms with Crippen molar-refractivity contribution in [2.45, 2.75) is 18.3 Å². The van der Waals surface area contributed by atoms with Crippen molar-refractivity contribution in [2.24, 2.45) is 0 Å². The fourth-order valence-corrected chi connectivity index (χ4v) is 4.71. The van der Waals surface area contributed by atoms with Gasteiger partial charge in [0.1, 0.15) is 11.4 Å². The van der Waals surface area contributed by atoms with Crippen LogP contribution < -0.4 is 0 Å². The normalized spacial score (nSPS) is 19.1. The van der Waals surface area contributed by atoms with E-state index in [-0.39, 0.29) is 17.0 Å². The summed E-state index contributed by atoms with van der Waals surface area (Å²) in [6, 6.07) is 10.00. The molecule has 27 heavy (non-hydrogen) atoms. The second-order valence-corrected chi connectivity index (χ2v) is 7.55. The number of nitro groups is 1. The van der Waals surface area contributed by atoms with E-state index in [1.54, 1.807) is 31.2 Å². The quantitative estimate of drug-likeness (QED) is 0.610. The molecule has 2 aromatic rings. The Morgan fingerprint density at radius 2 is 2.00 bits per heavy atom. The summed E-state index contributed by atoms with van der Waals surface area (Å²) in [7, 11) is 0. The second-order valence-electron chi connectivity index (χ2n) is 6.03. The summed E-state index contributed by atoms with van der Waals surface area (Å²) < 4.78 is 0. The molecular weight excluding hydrogens is 392 g/mol. The third-order valence-electron chi connectivity index (χ3n) is 4.34. The zero-order valence-corrected chi connectivity index (χ0v) is 15.7. The Kier molecular flexibility index (Phi) is 5.38. The van der Waals surface area contributed by atoms with Gasteiger partial charge in [0.15, 0.2) is 0 Å². The van der Waals surface area contributed by atoms with E-state index in [1.165, 1.54) is 34.9 Å². The summed E-state index contributed by atoms with van der Waals surface area (Å²) >= 11 is 7.54. The summed E-state index contributed by atoms with van der Waals surface area (Å²) in [5, 5.41) is 20.6. The van der Waals surface area contributed by atoms with Crippen LogP contribution in [0.2, 0.25) is 5.02 Å². The molecular formula is C18H15ClN2O5S. The monoisotopic (exact) mass is 406 g/mol. The highest BCUT2D eigenvalue weighted by Crippen LogP contribution is 2.44. The molecule has 1 amide bonds. The minimum atomic E-state index is -1.13. The van der Waals surface area contributed by atoms with E-state index < -0.39 is 28.2 Å². The average molecular weight is 407 g/mol. The number of nitrogens with zero attached hydrogens (tertiary/aromatic N) is 2. The number of carboxylic acid groups (broad SMARTS) is 1. The highest BCUT2D eigenvalue weighted by Gasteiger charge is 2.43. The van der Waals surface area contributed by atoms with Crippen LogP contribution in [0.3, 0.4) is 0 Å². The number of aryl methyl sites for hydroxylation is 1. The standard InChI is InChI=1S/C18H15ClN2O5S/c1-10-6-7-11(8-14(10)21(25)26)16(22)20-15(18(23)24)9-27-17(20)12-4-2-3-5-13(12)19/h2-8,15,17H,9H2,1H3,(H,23,24)/t15-,17-/m0/s1. The highest BCUT2D eigenvalue weighted by atomic mass is 35.5. The Hall–Kier alpha value is -2.58. The first-order chi connectivity index (χ1) is 12.8. The van der Waals surface area contributed by atoms with Gasteiger partial charge in [-0.1, -0.05) is 35.9 Å². The van der Waals surface area contributed by atoms with E-state index >= 15 is 0 Å². The number of hydrogen-bond acceptors (Lipinski definition) is 5. The molecule has 0 spiro atoms. The maximum absolute atomic E-state index is 13.1. The van der Waals surface area contributed by atoms with Gasteiger partial charge in [0.2, 0.25) is 0 Å². The molecule has 9 heteroatoms. The van der Waals surface area contributed by atoms with Crippen LogP contribution >= 0.6 is 23.4 Å². The largest absolute Gasteiger partial charge is 0.480 e. The first kappa shape index (κ1) is 19.2. The molecule has 2 aromatic carbocycles. The van der Waals surface area contributed by atoms with Crippen molar-refractivity contribution in [1.82, 2.24) is 4.90 Å². The predicted molar refractivity (Wildman–Crippen MR) is 102 cm³/mol. The van der Waals surface area contributed by atoms with E-state index in [4.69, 9.17) is 11.6 Å². The van der Waals surface area contributed by atoms with Gasteiger partial charge in [-0.3, -0.25) is 14.9 Å². The Morgan fingerprint density at radius 1 is 1.30 bits per heavy atom. The van der Waals surface area contributed by atoms with Crippen LogP contribution in [0.25, 0.3) is 0 Å². The van der Waals surface area contributed by atoms with Gasteiger partial charge < -0.3 is 10.0 Å². The topological polar surface area (TPSA) is 101 Å². The molecule has 2 atom stereocenters. The minimum Gasteiger partial charge on any atom is -0.480 e. The maximum atomic E-state index is 13.1. The van der Waals surface area contributed by atoms with Crippen LogP contribution in [0.4, 0.5) is 5.69 Å². The molecule has 1 N–H and O–H groups in total. The lowest BCUT2D eigenvalue weighted by atomic mass is 10.1. The van der Waals surface area contributed by atoms with Crippen molar-refractivity contribution in [1.29, 1.82) is 0 Å². The van der Waals surface area contributed by atoms with Gasteiger partial charge in [-0.2, -0.15) is 0 Å². The zero-order chi connectivity index (χ0) is 19.7. The third kappa shape index (κ3) is 3.63. The number of thioether (sulfide) groups is 1. The number of amides is 1. The highest BCUT2D eigenvalue weighted by molar-refractivity contribution is 7.99. The molecule has 1 fully saturated rings. The molecule has 1 saturated heterocycles. The lowest BCUT2D eigenvalue weighted by Gasteiger charge is -2.28. The van der Waals surface area contributed by atoms with E-state index in [2.05, 4.69) is 0 Å². The predicted octanol–water partition coefficient (Wildman–Crippen LogP) is 3.90. The summed E-state index contributed by atoms with van der Waals surface area (Å²) in [6.45, 7) is 1.57. The fourth-order valence-electron chi connectivity index (χ4n) is 2.95. The van der Waals surface area contributed by atoms with Crippen LogP contribution in [0.1, 0.15) is 26.9 Å². The molecule has 1 aliphatic rings. The van der Waals surface area contributed by atoms with Crippen molar-refractivity contribution in [3.63, 3.8) is 0 Å². The van der Waals surface area contributed by atoms with Crippen LogP contribution in [0.15, 0.2) is 42.5 Å². The summed E-state index contributed by atoms with van der Waals surface area (Å²) in [6.07, 6.45) is 0. The Morgan fingerprint density at radius 3 is 2.63 bits per heavy atom. The van der Waals surface area contributed by atoms with E-state index in [0.717, 1.165) is 0 Å². The minimum absolute atomic E-state index is 0.0677. The van der Waals surface area contributed by atoms with Gasteiger partial charge in [0.25, 0.3) is 11.6 Å². The van der Waals surface area contributed by atoms with Crippen LogP contribution in [0.5, 0.6) is 0 Å². The molecule has 0 saturated carbocycles. The number of carboxylic acids is 1. The molecule has 7 nitrogen and oxygen atoms in total. The van der Waals surface area contributed by atoms with Crippen molar-refractivity contribution >= 4 is 40.9 Å². The maximum Gasteiger partial charge on any atom is 0.327 e. The fraction of sp³-hybridized carbons (Fsp3) is 0.222. The average Bonchev–Trinajstić information content (AvgIpc) is 3.06. The Labute approximate surface area is 164 Å². The van der Waals surface area contributed by atoms with E-state index in [1.807, 2.05) is 0 Å². The van der Waals surface area contributed by atoms with Gasteiger partial charge >= 0.3 is 5.97 Å². The van der Waals surface area contributed by atoms with Crippen LogP contribution in [-0.4, -0.2) is 38.6 Å². The number of hydrogen-bond donors (Lipinski definition) is 1. The first-order valence-corrected chi connectivity index (χ1v) is 9.40. The Balaban J connectivity index is 2.05. The van der Waals surface area contributed by atoms with Gasteiger partial charge in [0.05, 0.1) is 4.92 Å². The number of carbonyl (C=O) groups is 2. The molecule has 0 aliphatic carbocycles. The SMILES string of the molecule is Cc1ccc(C(=O)N2[C@H](C(=O)O)CS[C@H]2c2ccccc2Cl)cc1[N+](=O)[O-]. The van der Waals surface area contributed by atoms with Crippen molar-refractivity contribution in [3.8, 4) is 0 Å². The van der Waals surface area contributed by atoms with Crippen molar-refractivity contribution in [3.05, 3.63) is 74.3 Å². The Bertz CT molecular complexity index is 936. The number of aliphatic carboxylic acids is 1. The first-order valence-electron chi connectivity index (χ1n) is 7.97. The number of carbonyl (C=O) groups excluding carboxylic acids is 1. The molecule has 140 valence electrons. The summed E-state index contributed by atoms with van der Waals surface area (Å²) in [5.74, 6) is -1.52. The van der Waals surface area contributed by atoms with Crippen molar-refractivity contribution < 1.29 is 19.6 Å². The number of halogens is 1. The molecule has 0 unspecified atom stereocenters. The van der Waals surface area contributed by atoms with Crippen LogP contribution in [-0.2, 0) is 4.79 Å². The van der Waals surface area contributed by atoms with Gasteiger partial charge in [0, 0.05) is 33.5 Å². The smallest absolute Gasteiger partial charge is 0.327 e. The molecule has 0 aromatic heterocycles. The molecule has 1 heterocycles. The van der Waals surface area contributed by atoms with E-state index in [0.29, 0.717) is 16.1 Å². The second kappa shape index (κ2) is 7.58. The molecule has 3 rings (SSSR count). The van der Waals surface area contributed by atoms with Gasteiger partial charge in [-0.25, -0.2) is 4.79 Å². The van der Waals surface area contributed by atoms with E-state index in [9.17, 15) is 24.8 Å². The lowest BCUT2D eigenvalue weighted by Crippen LogP contribution is -2.43. The summed E-state index contributed by atoms with van der Waals surface area (Å²) in [4.78, 5) is 36.7.